The Bertz CT molecular complexity index is 823. The molecule has 0 unspecified atom stereocenters. The summed E-state index contributed by atoms with van der Waals surface area (Å²) < 4.78 is 5.42. The number of anilines is 2. The van der Waals surface area contributed by atoms with Crippen LogP contribution in [0.25, 0.3) is 11.3 Å². The van der Waals surface area contributed by atoms with Gasteiger partial charge in [0, 0.05) is 44.2 Å². The molecule has 162 valence electrons. The summed E-state index contributed by atoms with van der Waals surface area (Å²) in [6.45, 7) is 2.83. The highest BCUT2D eigenvalue weighted by molar-refractivity contribution is 6.33. The van der Waals surface area contributed by atoms with Gasteiger partial charge in [0.15, 0.2) is 0 Å². The van der Waals surface area contributed by atoms with Crippen LogP contribution in [0.4, 0.5) is 11.6 Å². The average molecular weight is 432 g/mol. The number of pyridine rings is 1. The van der Waals surface area contributed by atoms with Gasteiger partial charge < -0.3 is 20.5 Å². The molecule has 3 N–H and O–H groups in total. The highest BCUT2D eigenvalue weighted by Gasteiger charge is 2.21. The zero-order valence-corrected chi connectivity index (χ0v) is 17.9. The molecule has 0 amide bonds. The van der Waals surface area contributed by atoms with Crippen molar-refractivity contribution in [3.63, 3.8) is 0 Å². The summed E-state index contributed by atoms with van der Waals surface area (Å²) in [5.41, 5.74) is 1.55. The lowest BCUT2D eigenvalue weighted by Crippen LogP contribution is -2.27. The number of halogens is 1. The molecule has 7 nitrogen and oxygen atoms in total. The lowest BCUT2D eigenvalue weighted by molar-refractivity contribution is 0.0699. The van der Waals surface area contributed by atoms with E-state index >= 15 is 0 Å². The maximum Gasteiger partial charge on any atom is 0.145 e. The SMILES string of the molecule is OCC1CCC(Nc2cc(-c3cncc(NCC4CCOCC4)n3)c(Cl)cn2)CC1. The normalized spacial score (nSPS) is 22.6. The van der Waals surface area contributed by atoms with E-state index in [4.69, 9.17) is 21.3 Å². The molecule has 0 atom stereocenters. The summed E-state index contributed by atoms with van der Waals surface area (Å²) in [5.74, 6) is 2.59. The minimum absolute atomic E-state index is 0.285. The maximum absolute atomic E-state index is 9.32. The molecule has 4 rings (SSSR count). The summed E-state index contributed by atoms with van der Waals surface area (Å²) in [5, 5.41) is 16.8. The maximum atomic E-state index is 9.32. The average Bonchev–Trinajstić information content (AvgIpc) is 2.80. The summed E-state index contributed by atoms with van der Waals surface area (Å²) in [6, 6.07) is 2.32. The Morgan fingerprint density at radius 1 is 1.00 bits per heavy atom. The zero-order chi connectivity index (χ0) is 20.8. The second kappa shape index (κ2) is 10.4. The van der Waals surface area contributed by atoms with Gasteiger partial charge in [-0.25, -0.2) is 9.97 Å². The lowest BCUT2D eigenvalue weighted by Gasteiger charge is -2.28. The molecule has 0 bridgehead atoms. The molecule has 3 heterocycles. The molecular weight excluding hydrogens is 402 g/mol. The number of hydrogen-bond acceptors (Lipinski definition) is 7. The van der Waals surface area contributed by atoms with Gasteiger partial charge in [-0.2, -0.15) is 0 Å². The molecule has 0 radical (unpaired) electrons. The minimum Gasteiger partial charge on any atom is -0.396 e. The van der Waals surface area contributed by atoms with Gasteiger partial charge in [0.2, 0.25) is 0 Å². The number of aliphatic hydroxyl groups is 1. The quantitative estimate of drug-likeness (QED) is 0.610. The lowest BCUT2D eigenvalue weighted by atomic mass is 9.86. The van der Waals surface area contributed by atoms with Crippen molar-refractivity contribution in [2.75, 3.05) is 37.0 Å². The fraction of sp³-hybridized carbons (Fsp3) is 0.591. The van der Waals surface area contributed by atoms with Crippen molar-refractivity contribution in [3.05, 3.63) is 29.7 Å². The minimum atomic E-state index is 0.285. The molecule has 0 spiro atoms. The van der Waals surface area contributed by atoms with E-state index in [1.807, 2.05) is 6.07 Å². The van der Waals surface area contributed by atoms with Gasteiger partial charge in [-0.1, -0.05) is 11.6 Å². The van der Waals surface area contributed by atoms with Crippen LogP contribution in [0.2, 0.25) is 5.02 Å². The molecule has 2 aromatic heterocycles. The van der Waals surface area contributed by atoms with E-state index in [1.165, 1.54) is 0 Å². The van der Waals surface area contributed by atoms with Crippen LogP contribution in [0.5, 0.6) is 0 Å². The van der Waals surface area contributed by atoms with Crippen LogP contribution in [0, 0.1) is 11.8 Å². The Labute approximate surface area is 182 Å². The molecule has 0 aromatic carbocycles. The van der Waals surface area contributed by atoms with E-state index < -0.39 is 0 Å². The fourth-order valence-electron chi connectivity index (χ4n) is 4.19. The Morgan fingerprint density at radius 2 is 1.80 bits per heavy atom. The van der Waals surface area contributed by atoms with Gasteiger partial charge in [-0.15, -0.1) is 0 Å². The first-order valence-corrected chi connectivity index (χ1v) is 11.3. The molecule has 2 aliphatic rings. The first-order chi connectivity index (χ1) is 14.7. The number of rotatable bonds is 7. The number of nitrogens with one attached hydrogen (secondary N) is 2. The predicted molar refractivity (Wildman–Crippen MR) is 119 cm³/mol. The van der Waals surface area contributed by atoms with Crippen molar-refractivity contribution in [1.82, 2.24) is 15.0 Å². The summed E-state index contributed by atoms with van der Waals surface area (Å²) >= 11 is 6.44. The van der Waals surface area contributed by atoms with Gasteiger partial charge in [-0.3, -0.25) is 4.98 Å². The number of ether oxygens (including phenoxy) is 1. The summed E-state index contributed by atoms with van der Waals surface area (Å²) in [4.78, 5) is 13.5. The molecule has 1 saturated carbocycles. The molecule has 2 aromatic rings. The van der Waals surface area contributed by atoms with Crippen LogP contribution in [0.15, 0.2) is 24.7 Å². The Hall–Kier alpha value is -1.96. The third-order valence-electron chi connectivity index (χ3n) is 6.14. The van der Waals surface area contributed by atoms with E-state index in [0.717, 1.165) is 81.2 Å². The van der Waals surface area contributed by atoms with Gasteiger partial charge in [0.1, 0.15) is 11.6 Å². The largest absolute Gasteiger partial charge is 0.396 e. The highest BCUT2D eigenvalue weighted by atomic mass is 35.5. The van der Waals surface area contributed by atoms with Crippen molar-refractivity contribution >= 4 is 23.2 Å². The van der Waals surface area contributed by atoms with Crippen LogP contribution >= 0.6 is 11.6 Å². The van der Waals surface area contributed by atoms with Crippen molar-refractivity contribution in [2.45, 2.75) is 44.6 Å². The smallest absolute Gasteiger partial charge is 0.145 e. The van der Waals surface area contributed by atoms with Crippen LogP contribution in [0.1, 0.15) is 38.5 Å². The van der Waals surface area contributed by atoms with Crippen LogP contribution < -0.4 is 10.6 Å². The molecule has 1 aliphatic carbocycles. The second-order valence-corrected chi connectivity index (χ2v) is 8.73. The number of nitrogens with zero attached hydrogens (tertiary/aromatic N) is 3. The molecule has 8 heteroatoms. The first-order valence-electron chi connectivity index (χ1n) is 10.9. The third kappa shape index (κ3) is 5.59. The van der Waals surface area contributed by atoms with Crippen LogP contribution in [0.3, 0.4) is 0 Å². The van der Waals surface area contributed by atoms with Crippen molar-refractivity contribution < 1.29 is 9.84 Å². The summed E-state index contributed by atoms with van der Waals surface area (Å²) in [6.07, 6.45) is 11.5. The second-order valence-electron chi connectivity index (χ2n) is 8.32. The van der Waals surface area contributed by atoms with E-state index in [2.05, 4.69) is 20.6 Å². The van der Waals surface area contributed by atoms with Crippen molar-refractivity contribution in [2.24, 2.45) is 11.8 Å². The van der Waals surface area contributed by atoms with E-state index in [0.29, 0.717) is 22.9 Å². The number of hydrogen-bond donors (Lipinski definition) is 3. The monoisotopic (exact) mass is 431 g/mol. The van der Waals surface area contributed by atoms with Crippen LogP contribution in [-0.2, 0) is 4.74 Å². The van der Waals surface area contributed by atoms with E-state index in [9.17, 15) is 5.11 Å². The molecule has 2 fully saturated rings. The molecule has 30 heavy (non-hydrogen) atoms. The van der Waals surface area contributed by atoms with Gasteiger partial charge in [0.25, 0.3) is 0 Å². The van der Waals surface area contributed by atoms with Crippen molar-refractivity contribution in [1.29, 1.82) is 0 Å². The molecule has 1 aliphatic heterocycles. The first kappa shape index (κ1) is 21.3. The highest BCUT2D eigenvalue weighted by Crippen LogP contribution is 2.30. The van der Waals surface area contributed by atoms with Gasteiger partial charge >= 0.3 is 0 Å². The van der Waals surface area contributed by atoms with Crippen molar-refractivity contribution in [3.8, 4) is 11.3 Å². The summed E-state index contributed by atoms with van der Waals surface area (Å²) in [7, 11) is 0. The van der Waals surface area contributed by atoms with Gasteiger partial charge in [0.05, 0.1) is 23.1 Å². The number of aromatic nitrogens is 3. The van der Waals surface area contributed by atoms with Gasteiger partial charge in [-0.05, 0) is 56.4 Å². The Morgan fingerprint density at radius 3 is 2.57 bits per heavy atom. The topological polar surface area (TPSA) is 92.2 Å². The zero-order valence-electron chi connectivity index (χ0n) is 17.2. The fourth-order valence-corrected chi connectivity index (χ4v) is 4.39. The standard InChI is InChI=1S/C22H30ClN5O2/c23-19-11-26-21(27-17-3-1-16(14-29)2-4-17)9-18(19)20-12-24-13-22(28-20)25-10-15-5-7-30-8-6-15/h9,11-13,15-17,29H,1-8,10,14H2,(H,25,28)(H,26,27). The molecular formula is C22H30ClN5O2. The number of aliphatic hydroxyl groups excluding tert-OH is 1. The van der Waals surface area contributed by atoms with Crippen LogP contribution in [-0.4, -0.2) is 52.5 Å². The molecule has 1 saturated heterocycles. The predicted octanol–water partition coefficient (Wildman–Crippen LogP) is 3.99. The Balaban J connectivity index is 1.42. The Kier molecular flexibility index (Phi) is 7.36. The third-order valence-corrected chi connectivity index (χ3v) is 6.44. The van der Waals surface area contributed by atoms with E-state index in [1.54, 1.807) is 18.6 Å². The van der Waals surface area contributed by atoms with E-state index in [-0.39, 0.29) is 6.61 Å².